The van der Waals surface area contributed by atoms with Crippen LogP contribution in [0.2, 0.25) is 0 Å². The first-order valence-corrected chi connectivity index (χ1v) is 8.98. The predicted octanol–water partition coefficient (Wildman–Crippen LogP) is 0.482. The standard InChI is InChI=1S/C19H20BN3O6/c24-18(13-5-4-8-16(9-13)28-15-6-2-1-3-7-15)21-11-14-10-17(29-23-14)19(25)22-12-20(26)27/h1-9,17,26-27H,10-12H2,(H,21,24)(H,22,25). The van der Waals surface area contributed by atoms with E-state index in [1.165, 1.54) is 0 Å². The van der Waals surface area contributed by atoms with E-state index in [4.69, 9.17) is 19.6 Å². The number of rotatable bonds is 8. The summed E-state index contributed by atoms with van der Waals surface area (Å²) in [7, 11) is -1.64. The van der Waals surface area contributed by atoms with Crippen molar-refractivity contribution < 1.29 is 29.2 Å². The monoisotopic (exact) mass is 397 g/mol. The van der Waals surface area contributed by atoms with Crippen LogP contribution in [-0.2, 0) is 9.63 Å². The Morgan fingerprint density at radius 3 is 2.62 bits per heavy atom. The molecule has 1 heterocycles. The third-order valence-electron chi connectivity index (χ3n) is 4.01. The molecule has 0 bridgehead atoms. The van der Waals surface area contributed by atoms with Crippen molar-refractivity contribution in [2.75, 3.05) is 13.0 Å². The zero-order chi connectivity index (χ0) is 20.6. The molecule has 0 saturated heterocycles. The van der Waals surface area contributed by atoms with Crippen molar-refractivity contribution in [3.05, 3.63) is 60.2 Å². The lowest BCUT2D eigenvalue weighted by atomic mass is 9.92. The molecule has 9 nitrogen and oxygen atoms in total. The van der Waals surface area contributed by atoms with Crippen LogP contribution in [0.25, 0.3) is 0 Å². The normalized spacial score (nSPS) is 15.1. The minimum absolute atomic E-state index is 0.120. The molecule has 2 aromatic carbocycles. The Kier molecular flexibility index (Phi) is 6.82. The van der Waals surface area contributed by atoms with Crippen molar-refractivity contribution in [2.45, 2.75) is 12.5 Å². The van der Waals surface area contributed by atoms with Crippen LogP contribution in [0.4, 0.5) is 0 Å². The Morgan fingerprint density at radius 1 is 1.10 bits per heavy atom. The molecule has 1 aliphatic rings. The number of nitrogens with one attached hydrogen (secondary N) is 2. The predicted molar refractivity (Wildman–Crippen MR) is 105 cm³/mol. The van der Waals surface area contributed by atoms with Crippen LogP contribution in [-0.4, -0.2) is 53.8 Å². The average Bonchev–Trinajstić information content (AvgIpc) is 3.20. The summed E-state index contributed by atoms with van der Waals surface area (Å²) in [5.41, 5.74) is 0.920. The van der Waals surface area contributed by atoms with Crippen molar-refractivity contribution in [1.29, 1.82) is 0 Å². The maximum Gasteiger partial charge on any atom is 0.472 e. The summed E-state index contributed by atoms with van der Waals surface area (Å²) in [6.07, 6.45) is -0.958. The minimum atomic E-state index is -1.64. The molecule has 0 radical (unpaired) electrons. The summed E-state index contributed by atoms with van der Waals surface area (Å²) >= 11 is 0. The molecule has 150 valence electrons. The third kappa shape index (κ3) is 6.06. The first-order chi connectivity index (χ1) is 14.0. The Bertz CT molecular complexity index is 891. The lowest BCUT2D eigenvalue weighted by Crippen LogP contribution is -2.41. The molecule has 1 unspecified atom stereocenters. The van der Waals surface area contributed by atoms with Crippen LogP contribution in [0.1, 0.15) is 16.8 Å². The number of carbonyl (C=O) groups excluding carboxylic acids is 2. The van der Waals surface area contributed by atoms with Gasteiger partial charge in [0.05, 0.1) is 18.7 Å². The van der Waals surface area contributed by atoms with Crippen molar-refractivity contribution in [1.82, 2.24) is 10.6 Å². The van der Waals surface area contributed by atoms with E-state index < -0.39 is 19.1 Å². The highest BCUT2D eigenvalue weighted by atomic mass is 16.6. The van der Waals surface area contributed by atoms with E-state index in [-0.39, 0.29) is 25.3 Å². The molecule has 3 rings (SSSR count). The number of oxime groups is 1. The topological polar surface area (TPSA) is 129 Å². The summed E-state index contributed by atoms with van der Waals surface area (Å²) < 4.78 is 5.72. The molecule has 1 aliphatic heterocycles. The summed E-state index contributed by atoms with van der Waals surface area (Å²) in [6, 6.07) is 16.0. The zero-order valence-corrected chi connectivity index (χ0v) is 15.4. The van der Waals surface area contributed by atoms with Gasteiger partial charge in [-0.05, 0) is 30.3 Å². The van der Waals surface area contributed by atoms with Crippen molar-refractivity contribution in [3.63, 3.8) is 0 Å². The highest BCUT2D eigenvalue weighted by Crippen LogP contribution is 2.21. The number of amides is 2. The highest BCUT2D eigenvalue weighted by molar-refractivity contribution is 6.41. The molecule has 0 saturated carbocycles. The van der Waals surface area contributed by atoms with Gasteiger partial charge in [0.25, 0.3) is 11.8 Å². The van der Waals surface area contributed by atoms with Gasteiger partial charge in [0.1, 0.15) is 11.5 Å². The van der Waals surface area contributed by atoms with Gasteiger partial charge in [-0.2, -0.15) is 0 Å². The smallest absolute Gasteiger partial charge is 0.457 e. The fourth-order valence-corrected chi connectivity index (χ4v) is 2.59. The lowest BCUT2D eigenvalue weighted by molar-refractivity contribution is -0.130. The molecule has 0 spiro atoms. The highest BCUT2D eigenvalue weighted by Gasteiger charge is 2.28. The second-order valence-corrected chi connectivity index (χ2v) is 6.31. The zero-order valence-electron chi connectivity index (χ0n) is 15.4. The minimum Gasteiger partial charge on any atom is -0.457 e. The summed E-state index contributed by atoms with van der Waals surface area (Å²) in [4.78, 5) is 29.2. The van der Waals surface area contributed by atoms with Gasteiger partial charge in [0.2, 0.25) is 6.10 Å². The SMILES string of the molecule is O=C(NCC1=NOC(C(=O)NCB(O)O)C1)c1cccc(Oc2ccccc2)c1. The lowest BCUT2D eigenvalue weighted by Gasteiger charge is -2.09. The molecule has 0 aliphatic carbocycles. The van der Waals surface area contributed by atoms with Gasteiger partial charge in [-0.1, -0.05) is 29.4 Å². The summed E-state index contributed by atoms with van der Waals surface area (Å²) in [5, 5.41) is 26.4. The molecule has 4 N–H and O–H groups in total. The van der Waals surface area contributed by atoms with Crippen molar-refractivity contribution >= 4 is 24.6 Å². The maximum absolute atomic E-state index is 12.4. The molecule has 1 atom stereocenters. The Hall–Kier alpha value is -3.37. The first-order valence-electron chi connectivity index (χ1n) is 8.98. The number of nitrogens with zero attached hydrogens (tertiary/aromatic N) is 1. The van der Waals surface area contributed by atoms with Gasteiger partial charge in [-0.15, -0.1) is 0 Å². The van der Waals surface area contributed by atoms with E-state index in [0.717, 1.165) is 0 Å². The van der Waals surface area contributed by atoms with Gasteiger partial charge in [-0.25, -0.2) is 0 Å². The molecule has 10 heteroatoms. The van der Waals surface area contributed by atoms with Crippen LogP contribution < -0.4 is 15.4 Å². The summed E-state index contributed by atoms with van der Waals surface area (Å²) in [6.45, 7) is 0.120. The Balaban J connectivity index is 1.49. The van der Waals surface area contributed by atoms with Gasteiger partial charge in [-0.3, -0.25) is 9.59 Å². The Labute approximate surface area is 167 Å². The largest absolute Gasteiger partial charge is 0.472 e. The van der Waals surface area contributed by atoms with Gasteiger partial charge in [0.15, 0.2) is 0 Å². The Morgan fingerprint density at radius 2 is 1.86 bits per heavy atom. The van der Waals surface area contributed by atoms with E-state index in [2.05, 4.69) is 15.8 Å². The average molecular weight is 397 g/mol. The molecular formula is C19H20BN3O6. The molecule has 29 heavy (non-hydrogen) atoms. The van der Waals surface area contributed by atoms with Gasteiger partial charge < -0.3 is 30.3 Å². The molecule has 2 aromatic rings. The number of para-hydroxylation sites is 1. The number of hydrogen-bond donors (Lipinski definition) is 4. The second-order valence-electron chi connectivity index (χ2n) is 6.31. The second kappa shape index (κ2) is 9.72. The van der Waals surface area contributed by atoms with Crippen LogP contribution >= 0.6 is 0 Å². The maximum atomic E-state index is 12.4. The van der Waals surface area contributed by atoms with E-state index in [1.807, 2.05) is 30.3 Å². The number of carbonyl (C=O) groups is 2. The number of ether oxygens (including phenoxy) is 1. The first kappa shape index (κ1) is 20.4. The number of benzene rings is 2. The van der Waals surface area contributed by atoms with Crippen LogP contribution in [0, 0.1) is 0 Å². The van der Waals surface area contributed by atoms with Crippen molar-refractivity contribution in [3.8, 4) is 11.5 Å². The van der Waals surface area contributed by atoms with Gasteiger partial charge in [0, 0.05) is 12.0 Å². The molecule has 2 amide bonds. The van der Waals surface area contributed by atoms with E-state index in [0.29, 0.717) is 22.8 Å². The molecule has 0 aromatic heterocycles. The van der Waals surface area contributed by atoms with Crippen LogP contribution in [0.3, 0.4) is 0 Å². The fraction of sp³-hybridized carbons (Fsp3) is 0.211. The van der Waals surface area contributed by atoms with Crippen molar-refractivity contribution in [2.24, 2.45) is 5.16 Å². The molecular weight excluding hydrogens is 377 g/mol. The van der Waals surface area contributed by atoms with Crippen LogP contribution in [0.5, 0.6) is 11.5 Å². The van der Waals surface area contributed by atoms with Gasteiger partial charge >= 0.3 is 7.12 Å². The fourth-order valence-electron chi connectivity index (χ4n) is 2.59. The van der Waals surface area contributed by atoms with E-state index >= 15 is 0 Å². The number of hydrogen-bond acceptors (Lipinski definition) is 7. The quantitative estimate of drug-likeness (QED) is 0.480. The van der Waals surface area contributed by atoms with E-state index in [1.54, 1.807) is 24.3 Å². The summed E-state index contributed by atoms with van der Waals surface area (Å²) in [5.74, 6) is 0.380. The molecule has 0 fully saturated rings. The van der Waals surface area contributed by atoms with Crippen LogP contribution in [0.15, 0.2) is 59.8 Å². The third-order valence-corrected chi connectivity index (χ3v) is 4.01. The van der Waals surface area contributed by atoms with E-state index in [9.17, 15) is 9.59 Å².